The fourth-order valence-corrected chi connectivity index (χ4v) is 2.65. The van der Waals surface area contributed by atoms with E-state index < -0.39 is 0 Å². The molecule has 0 aromatic heterocycles. The minimum Gasteiger partial charge on any atom is -0.314 e. The van der Waals surface area contributed by atoms with Gasteiger partial charge in [-0.05, 0) is 51.7 Å². The maximum atomic E-state index is 3.62. The van der Waals surface area contributed by atoms with Gasteiger partial charge in [0.15, 0.2) is 0 Å². The van der Waals surface area contributed by atoms with Gasteiger partial charge in [-0.1, -0.05) is 0 Å². The third kappa shape index (κ3) is 1.80. The van der Waals surface area contributed by atoms with Crippen LogP contribution in [0.4, 0.5) is 0 Å². The molecule has 0 unspecified atom stereocenters. The molecule has 0 aliphatic carbocycles. The van der Waals surface area contributed by atoms with E-state index in [-0.39, 0.29) is 0 Å². The molecule has 2 aliphatic heterocycles. The molecule has 2 rings (SSSR count). The molecular formula is C10H20N2. The molecule has 0 saturated carbocycles. The Balaban J connectivity index is 1.85. The maximum absolute atomic E-state index is 3.62. The van der Waals surface area contributed by atoms with Crippen molar-refractivity contribution in [3.05, 3.63) is 0 Å². The Bertz CT molecular complexity index is 141. The normalized spacial score (nSPS) is 38.8. The number of nitrogens with zero attached hydrogens (tertiary/aromatic N) is 1. The summed E-state index contributed by atoms with van der Waals surface area (Å²) < 4.78 is 0. The van der Waals surface area contributed by atoms with Gasteiger partial charge in [-0.2, -0.15) is 0 Å². The van der Waals surface area contributed by atoms with Gasteiger partial charge in [-0.3, -0.25) is 0 Å². The zero-order valence-electron chi connectivity index (χ0n) is 8.05. The van der Waals surface area contributed by atoms with Gasteiger partial charge in [0.1, 0.15) is 0 Å². The van der Waals surface area contributed by atoms with Crippen LogP contribution in [0.15, 0.2) is 0 Å². The molecule has 2 aliphatic rings. The third-order valence-electron chi connectivity index (χ3n) is 3.33. The minimum atomic E-state index is 0.841. The lowest BCUT2D eigenvalue weighted by atomic mass is 9.90. The van der Waals surface area contributed by atoms with Crippen molar-refractivity contribution in [3.8, 4) is 0 Å². The van der Waals surface area contributed by atoms with Crippen molar-refractivity contribution in [2.24, 2.45) is 5.92 Å². The first-order chi connectivity index (χ1) is 5.86. The summed E-state index contributed by atoms with van der Waals surface area (Å²) in [4.78, 5) is 2.48. The average Bonchev–Trinajstić information content (AvgIpc) is 2.56. The van der Waals surface area contributed by atoms with E-state index in [1.54, 1.807) is 0 Å². The van der Waals surface area contributed by atoms with Crippen LogP contribution in [0, 0.1) is 5.92 Å². The molecule has 0 aromatic rings. The van der Waals surface area contributed by atoms with E-state index in [0.717, 1.165) is 12.0 Å². The zero-order valence-corrected chi connectivity index (χ0v) is 8.05. The van der Waals surface area contributed by atoms with Crippen LogP contribution < -0.4 is 5.32 Å². The van der Waals surface area contributed by atoms with Crippen LogP contribution in [0.3, 0.4) is 0 Å². The van der Waals surface area contributed by atoms with Crippen molar-refractivity contribution < 1.29 is 0 Å². The van der Waals surface area contributed by atoms with Crippen LogP contribution in [0.2, 0.25) is 0 Å². The Morgan fingerprint density at radius 2 is 2.17 bits per heavy atom. The van der Waals surface area contributed by atoms with E-state index >= 15 is 0 Å². The van der Waals surface area contributed by atoms with Crippen molar-refractivity contribution in [2.45, 2.75) is 31.7 Å². The van der Waals surface area contributed by atoms with Crippen molar-refractivity contribution >= 4 is 0 Å². The molecule has 0 amide bonds. The molecule has 70 valence electrons. The summed E-state index contributed by atoms with van der Waals surface area (Å²) in [7, 11) is 2.25. The van der Waals surface area contributed by atoms with Crippen molar-refractivity contribution in [3.63, 3.8) is 0 Å². The number of rotatable bonds is 1. The predicted octanol–water partition coefficient (Wildman–Crippen LogP) is 1.08. The minimum absolute atomic E-state index is 0.841. The standard InChI is InChI=1S/C10H20N2/c1-12-7-3-4-9(8-12)10-5-2-6-11-10/h9-11H,2-8H2,1H3/t9-,10-/m1/s1. The second-order valence-corrected chi connectivity index (χ2v) is 4.37. The first-order valence-corrected chi connectivity index (χ1v) is 5.28. The highest BCUT2D eigenvalue weighted by Crippen LogP contribution is 2.23. The van der Waals surface area contributed by atoms with Gasteiger partial charge in [-0.15, -0.1) is 0 Å². The molecule has 2 heterocycles. The number of nitrogens with one attached hydrogen (secondary N) is 1. The maximum Gasteiger partial charge on any atom is 0.0108 e. The molecule has 2 fully saturated rings. The van der Waals surface area contributed by atoms with Crippen molar-refractivity contribution in [1.82, 2.24) is 10.2 Å². The fourth-order valence-electron chi connectivity index (χ4n) is 2.65. The Morgan fingerprint density at radius 1 is 1.25 bits per heavy atom. The molecule has 1 N–H and O–H groups in total. The smallest absolute Gasteiger partial charge is 0.0108 e. The average molecular weight is 168 g/mol. The number of piperidine rings is 1. The highest BCUT2D eigenvalue weighted by Gasteiger charge is 2.27. The second kappa shape index (κ2) is 3.75. The lowest BCUT2D eigenvalue weighted by Gasteiger charge is -2.33. The quantitative estimate of drug-likeness (QED) is 0.630. The number of hydrogen-bond acceptors (Lipinski definition) is 2. The van der Waals surface area contributed by atoms with Crippen LogP contribution >= 0.6 is 0 Å². The Labute approximate surface area is 75.3 Å². The van der Waals surface area contributed by atoms with Crippen LogP contribution in [-0.2, 0) is 0 Å². The lowest BCUT2D eigenvalue weighted by molar-refractivity contribution is 0.180. The first kappa shape index (κ1) is 8.52. The summed E-state index contributed by atoms with van der Waals surface area (Å²) >= 11 is 0. The van der Waals surface area contributed by atoms with E-state index in [4.69, 9.17) is 0 Å². The summed E-state index contributed by atoms with van der Waals surface area (Å²) in [6, 6.07) is 0.841. The molecule has 0 bridgehead atoms. The predicted molar refractivity (Wildman–Crippen MR) is 51.2 cm³/mol. The highest BCUT2D eigenvalue weighted by molar-refractivity contribution is 4.85. The molecule has 0 spiro atoms. The van der Waals surface area contributed by atoms with Gasteiger partial charge in [0.2, 0.25) is 0 Å². The van der Waals surface area contributed by atoms with E-state index in [1.807, 2.05) is 0 Å². The number of likely N-dealkylation sites (tertiary alicyclic amines) is 1. The zero-order chi connectivity index (χ0) is 8.39. The molecular weight excluding hydrogens is 148 g/mol. The Hall–Kier alpha value is -0.0800. The lowest BCUT2D eigenvalue weighted by Crippen LogP contribution is -2.41. The number of hydrogen-bond donors (Lipinski definition) is 1. The first-order valence-electron chi connectivity index (χ1n) is 5.28. The Kier molecular flexibility index (Phi) is 2.66. The molecule has 0 aromatic carbocycles. The summed E-state index contributed by atoms with van der Waals surface area (Å²) in [5.41, 5.74) is 0. The Morgan fingerprint density at radius 3 is 2.83 bits per heavy atom. The molecule has 2 heteroatoms. The molecule has 2 saturated heterocycles. The monoisotopic (exact) mass is 168 g/mol. The summed E-state index contributed by atoms with van der Waals surface area (Å²) in [6.07, 6.45) is 5.66. The van der Waals surface area contributed by atoms with E-state index in [1.165, 1.54) is 45.3 Å². The molecule has 2 atom stereocenters. The van der Waals surface area contributed by atoms with Crippen molar-refractivity contribution in [2.75, 3.05) is 26.7 Å². The second-order valence-electron chi connectivity index (χ2n) is 4.37. The van der Waals surface area contributed by atoms with Crippen LogP contribution in [-0.4, -0.2) is 37.6 Å². The van der Waals surface area contributed by atoms with E-state index in [0.29, 0.717) is 0 Å². The van der Waals surface area contributed by atoms with Gasteiger partial charge in [0.05, 0.1) is 0 Å². The van der Waals surface area contributed by atoms with Crippen LogP contribution in [0.25, 0.3) is 0 Å². The molecule has 2 nitrogen and oxygen atoms in total. The van der Waals surface area contributed by atoms with E-state index in [2.05, 4.69) is 17.3 Å². The van der Waals surface area contributed by atoms with Gasteiger partial charge in [0.25, 0.3) is 0 Å². The SMILES string of the molecule is CN1CCC[C@@H]([C@H]2CCCN2)C1. The largest absolute Gasteiger partial charge is 0.314 e. The van der Waals surface area contributed by atoms with Gasteiger partial charge in [-0.25, -0.2) is 0 Å². The van der Waals surface area contributed by atoms with Gasteiger partial charge in [0, 0.05) is 12.6 Å². The van der Waals surface area contributed by atoms with E-state index in [9.17, 15) is 0 Å². The van der Waals surface area contributed by atoms with Crippen molar-refractivity contribution in [1.29, 1.82) is 0 Å². The van der Waals surface area contributed by atoms with Gasteiger partial charge >= 0.3 is 0 Å². The summed E-state index contributed by atoms with van der Waals surface area (Å²) in [6.45, 7) is 3.88. The topological polar surface area (TPSA) is 15.3 Å². The van der Waals surface area contributed by atoms with Gasteiger partial charge < -0.3 is 10.2 Å². The summed E-state index contributed by atoms with van der Waals surface area (Å²) in [5.74, 6) is 0.936. The molecule has 12 heavy (non-hydrogen) atoms. The molecule has 0 radical (unpaired) electrons. The summed E-state index contributed by atoms with van der Waals surface area (Å²) in [5, 5.41) is 3.62. The fraction of sp³-hybridized carbons (Fsp3) is 1.00. The van der Waals surface area contributed by atoms with Crippen LogP contribution in [0.1, 0.15) is 25.7 Å². The highest BCUT2D eigenvalue weighted by atomic mass is 15.1. The third-order valence-corrected chi connectivity index (χ3v) is 3.33. The van der Waals surface area contributed by atoms with Crippen LogP contribution in [0.5, 0.6) is 0 Å².